The maximum absolute atomic E-state index is 6.15. The van der Waals surface area contributed by atoms with Crippen LogP contribution in [0.25, 0.3) is 16.4 Å². The number of anilines is 1. The van der Waals surface area contributed by atoms with Gasteiger partial charge < -0.3 is 10.5 Å². The van der Waals surface area contributed by atoms with Gasteiger partial charge in [-0.15, -0.1) is 0 Å². The smallest absolute Gasteiger partial charge is 0.222 e. The third-order valence-corrected chi connectivity index (χ3v) is 4.84. The summed E-state index contributed by atoms with van der Waals surface area (Å²) in [5.74, 6) is 1.06. The van der Waals surface area contributed by atoms with Gasteiger partial charge in [-0.2, -0.15) is 9.61 Å². The molecule has 130 valence electrons. The summed E-state index contributed by atoms with van der Waals surface area (Å²) in [6.07, 6.45) is 1.85. The zero-order valence-corrected chi connectivity index (χ0v) is 14.4. The van der Waals surface area contributed by atoms with E-state index in [-0.39, 0.29) is 0 Å². The van der Waals surface area contributed by atoms with Crippen LogP contribution in [0.3, 0.4) is 0 Å². The van der Waals surface area contributed by atoms with Crippen molar-refractivity contribution in [1.29, 1.82) is 0 Å². The Morgan fingerprint density at radius 3 is 2.96 bits per heavy atom. The van der Waals surface area contributed by atoms with Gasteiger partial charge in [0.25, 0.3) is 0 Å². The average Bonchev–Trinajstić information content (AvgIpc) is 3.25. The van der Waals surface area contributed by atoms with E-state index in [2.05, 4.69) is 32.1 Å². The molecule has 4 heterocycles. The molecule has 0 radical (unpaired) electrons. The lowest BCUT2D eigenvalue weighted by Crippen LogP contribution is -2.16. The Kier molecular flexibility index (Phi) is 3.29. The van der Waals surface area contributed by atoms with Crippen LogP contribution in [0.1, 0.15) is 17.0 Å². The Hall–Kier alpha value is -3.19. The molecule has 7 heteroatoms. The molecule has 0 spiro atoms. The molecule has 0 saturated heterocycles. The van der Waals surface area contributed by atoms with Crippen LogP contribution in [0.4, 0.5) is 5.95 Å². The second-order valence-electron chi connectivity index (χ2n) is 6.51. The number of rotatable bonds is 3. The summed E-state index contributed by atoms with van der Waals surface area (Å²) in [5.41, 5.74) is 11.2. The molecular weight excluding hydrogens is 328 g/mol. The van der Waals surface area contributed by atoms with Gasteiger partial charge in [0, 0.05) is 31.2 Å². The van der Waals surface area contributed by atoms with Gasteiger partial charge in [0.1, 0.15) is 11.3 Å². The second kappa shape index (κ2) is 5.67. The Labute approximate surface area is 150 Å². The summed E-state index contributed by atoms with van der Waals surface area (Å²) >= 11 is 0. The second-order valence-corrected chi connectivity index (χ2v) is 6.51. The van der Waals surface area contributed by atoms with Gasteiger partial charge in [0.2, 0.25) is 5.95 Å². The van der Waals surface area contributed by atoms with E-state index in [1.165, 1.54) is 5.56 Å². The van der Waals surface area contributed by atoms with Crippen molar-refractivity contribution in [2.75, 3.05) is 12.8 Å². The first kappa shape index (κ1) is 15.1. The maximum atomic E-state index is 6.15. The van der Waals surface area contributed by atoms with Crippen molar-refractivity contribution in [3.63, 3.8) is 0 Å². The summed E-state index contributed by atoms with van der Waals surface area (Å²) in [5, 5.41) is 5.65. The van der Waals surface area contributed by atoms with Gasteiger partial charge in [-0.05, 0) is 23.8 Å². The maximum Gasteiger partial charge on any atom is 0.222 e. The highest BCUT2D eigenvalue weighted by molar-refractivity contribution is 5.97. The number of hydrogen-bond donors (Lipinski definition) is 1. The monoisotopic (exact) mass is 346 g/mol. The van der Waals surface area contributed by atoms with Crippen LogP contribution < -0.4 is 10.5 Å². The standard InChI is InChI=1S/C19H18N6O/c1-26-17-6-2-5-14-16-8-13(23-25(16)19(20)22-18(14)17)10-24-9-12-4-3-7-21-15(12)11-24/h2-8H,9-11H2,1H3,(H2,20,22). The number of aromatic nitrogens is 4. The zero-order valence-electron chi connectivity index (χ0n) is 14.4. The minimum absolute atomic E-state index is 0.356. The van der Waals surface area contributed by atoms with Gasteiger partial charge >= 0.3 is 0 Å². The first-order valence-corrected chi connectivity index (χ1v) is 8.49. The summed E-state index contributed by atoms with van der Waals surface area (Å²) < 4.78 is 7.13. The largest absolute Gasteiger partial charge is 0.494 e. The molecule has 26 heavy (non-hydrogen) atoms. The van der Waals surface area contributed by atoms with Gasteiger partial charge in [0.05, 0.1) is 24.0 Å². The Bertz CT molecular complexity index is 1110. The van der Waals surface area contributed by atoms with Crippen molar-refractivity contribution in [1.82, 2.24) is 24.5 Å². The van der Waals surface area contributed by atoms with E-state index in [9.17, 15) is 0 Å². The lowest BCUT2D eigenvalue weighted by atomic mass is 10.2. The molecule has 1 aliphatic heterocycles. The van der Waals surface area contributed by atoms with Crippen molar-refractivity contribution >= 4 is 22.4 Å². The minimum Gasteiger partial charge on any atom is -0.494 e. The van der Waals surface area contributed by atoms with Crippen molar-refractivity contribution in [2.45, 2.75) is 19.6 Å². The number of nitrogens with two attached hydrogens (primary N) is 1. The molecule has 0 saturated carbocycles. The highest BCUT2D eigenvalue weighted by atomic mass is 16.5. The van der Waals surface area contributed by atoms with E-state index < -0.39 is 0 Å². The Balaban J connectivity index is 1.54. The molecule has 0 bridgehead atoms. The van der Waals surface area contributed by atoms with Crippen LogP contribution in [0, 0.1) is 0 Å². The van der Waals surface area contributed by atoms with Gasteiger partial charge in [-0.1, -0.05) is 18.2 Å². The van der Waals surface area contributed by atoms with Gasteiger partial charge in [-0.25, -0.2) is 4.98 Å². The summed E-state index contributed by atoms with van der Waals surface area (Å²) in [4.78, 5) is 11.3. The number of pyridine rings is 1. The molecule has 0 amide bonds. The number of benzene rings is 1. The molecule has 0 unspecified atom stereocenters. The van der Waals surface area contributed by atoms with Crippen molar-refractivity contribution in [3.8, 4) is 5.75 Å². The molecule has 4 aromatic rings. The van der Waals surface area contributed by atoms with Gasteiger partial charge in [0.15, 0.2) is 0 Å². The third kappa shape index (κ3) is 2.28. The number of ether oxygens (including phenoxy) is 1. The first-order chi connectivity index (χ1) is 12.7. The molecule has 5 rings (SSSR count). The van der Waals surface area contributed by atoms with Crippen LogP contribution in [-0.2, 0) is 19.6 Å². The summed E-state index contributed by atoms with van der Waals surface area (Å²) in [6, 6.07) is 12.1. The molecule has 2 N–H and O–H groups in total. The van der Waals surface area contributed by atoms with Gasteiger partial charge in [-0.3, -0.25) is 9.88 Å². The number of hydrogen-bond acceptors (Lipinski definition) is 6. The highest BCUT2D eigenvalue weighted by Gasteiger charge is 2.21. The third-order valence-electron chi connectivity index (χ3n) is 4.84. The van der Waals surface area contributed by atoms with E-state index in [1.54, 1.807) is 11.6 Å². The minimum atomic E-state index is 0.356. The molecule has 7 nitrogen and oxygen atoms in total. The van der Waals surface area contributed by atoms with Crippen molar-refractivity contribution in [2.24, 2.45) is 0 Å². The molecule has 3 aromatic heterocycles. The zero-order chi connectivity index (χ0) is 17.7. The lowest BCUT2D eigenvalue weighted by Gasteiger charge is -2.11. The number of nitrogen functional groups attached to an aromatic ring is 1. The van der Waals surface area contributed by atoms with Crippen LogP contribution in [0.2, 0.25) is 0 Å². The number of para-hydroxylation sites is 1. The lowest BCUT2D eigenvalue weighted by molar-refractivity contribution is 0.270. The number of methoxy groups -OCH3 is 1. The predicted molar refractivity (Wildman–Crippen MR) is 98.6 cm³/mol. The normalized spacial score (nSPS) is 14.2. The molecule has 1 aromatic carbocycles. The summed E-state index contributed by atoms with van der Waals surface area (Å²) in [7, 11) is 1.64. The van der Waals surface area contributed by atoms with Crippen LogP contribution in [-0.4, -0.2) is 31.6 Å². The molecule has 0 aliphatic carbocycles. The molecule has 1 aliphatic rings. The number of fused-ring (bicyclic) bond motifs is 4. The quantitative estimate of drug-likeness (QED) is 0.613. The SMILES string of the molecule is COc1cccc2c1nc(N)n1nc(CN3Cc4cccnc4C3)cc21. The predicted octanol–water partition coefficient (Wildman–Crippen LogP) is 2.38. The van der Waals surface area contributed by atoms with Crippen LogP contribution in [0.5, 0.6) is 5.75 Å². The average molecular weight is 346 g/mol. The van der Waals surface area contributed by atoms with Crippen LogP contribution >= 0.6 is 0 Å². The van der Waals surface area contributed by atoms with E-state index in [0.717, 1.165) is 47.4 Å². The molecule has 0 atom stereocenters. The first-order valence-electron chi connectivity index (χ1n) is 8.49. The summed E-state index contributed by atoms with van der Waals surface area (Å²) in [6.45, 7) is 2.47. The van der Waals surface area contributed by atoms with E-state index >= 15 is 0 Å². The van der Waals surface area contributed by atoms with E-state index in [1.807, 2.05) is 30.5 Å². The fraction of sp³-hybridized carbons (Fsp3) is 0.211. The van der Waals surface area contributed by atoms with E-state index in [0.29, 0.717) is 11.7 Å². The van der Waals surface area contributed by atoms with Crippen molar-refractivity contribution < 1.29 is 4.74 Å². The number of nitrogens with zero attached hydrogens (tertiary/aromatic N) is 5. The Morgan fingerprint density at radius 1 is 1.19 bits per heavy atom. The van der Waals surface area contributed by atoms with Crippen LogP contribution in [0.15, 0.2) is 42.6 Å². The Morgan fingerprint density at radius 2 is 2.12 bits per heavy atom. The van der Waals surface area contributed by atoms with Crippen molar-refractivity contribution in [3.05, 3.63) is 59.5 Å². The topological polar surface area (TPSA) is 81.6 Å². The fourth-order valence-electron chi connectivity index (χ4n) is 3.65. The molecule has 0 fully saturated rings. The van der Waals surface area contributed by atoms with E-state index in [4.69, 9.17) is 10.5 Å². The fourth-order valence-corrected chi connectivity index (χ4v) is 3.65. The highest BCUT2D eigenvalue weighted by Crippen LogP contribution is 2.29. The molecular formula is C19H18N6O.